The number of aliphatic hydroxyl groups excluding tert-OH is 1. The molecule has 0 saturated carbocycles. The average Bonchev–Trinajstić information content (AvgIpc) is 2.32. The fourth-order valence-electron chi connectivity index (χ4n) is 1.38. The fourth-order valence-corrected chi connectivity index (χ4v) is 2.60. The van der Waals surface area contributed by atoms with Crippen molar-refractivity contribution in [3.63, 3.8) is 0 Å². The van der Waals surface area contributed by atoms with Crippen molar-refractivity contribution in [2.24, 2.45) is 0 Å². The fraction of sp³-hybridized carbons (Fsp3) is 0.0769. The third-order valence-electron chi connectivity index (χ3n) is 2.24. The van der Waals surface area contributed by atoms with Crippen LogP contribution in [0.4, 0.5) is 4.39 Å². The molecule has 0 aliphatic rings. The molecule has 0 fully saturated rings. The van der Waals surface area contributed by atoms with E-state index < -0.39 is 0 Å². The lowest BCUT2D eigenvalue weighted by Gasteiger charge is -2.07. The van der Waals surface area contributed by atoms with E-state index in [4.69, 9.17) is 11.6 Å². The first-order valence-corrected chi connectivity index (χ1v) is 6.21. The van der Waals surface area contributed by atoms with Crippen LogP contribution in [0.1, 0.15) is 5.56 Å². The van der Waals surface area contributed by atoms with Gasteiger partial charge < -0.3 is 5.11 Å². The van der Waals surface area contributed by atoms with Crippen LogP contribution in [0.25, 0.3) is 0 Å². The largest absolute Gasteiger partial charge is 0.392 e. The topological polar surface area (TPSA) is 20.2 Å². The third-order valence-corrected chi connectivity index (χ3v) is 3.58. The lowest BCUT2D eigenvalue weighted by Crippen LogP contribution is -1.87. The summed E-state index contributed by atoms with van der Waals surface area (Å²) in [6.07, 6.45) is 0. The van der Waals surface area contributed by atoms with Crippen molar-refractivity contribution in [1.82, 2.24) is 0 Å². The molecule has 0 aliphatic carbocycles. The Bertz CT molecular complexity index is 513. The highest BCUT2D eigenvalue weighted by atomic mass is 35.5. The second-order valence-electron chi connectivity index (χ2n) is 3.47. The van der Waals surface area contributed by atoms with E-state index in [-0.39, 0.29) is 12.4 Å². The molecule has 0 bridgehead atoms. The van der Waals surface area contributed by atoms with E-state index in [1.807, 2.05) is 0 Å². The van der Waals surface area contributed by atoms with E-state index in [1.54, 1.807) is 30.3 Å². The van der Waals surface area contributed by atoms with Crippen molar-refractivity contribution >= 4 is 23.4 Å². The first-order valence-electron chi connectivity index (χ1n) is 5.02. The van der Waals surface area contributed by atoms with Crippen molar-refractivity contribution < 1.29 is 9.50 Å². The SMILES string of the molecule is OCc1ccc(Cl)cc1Sc1ccc(F)cc1. The highest BCUT2D eigenvalue weighted by molar-refractivity contribution is 7.99. The van der Waals surface area contributed by atoms with E-state index in [0.717, 1.165) is 15.4 Å². The molecule has 0 aliphatic heterocycles. The molecule has 0 atom stereocenters. The summed E-state index contributed by atoms with van der Waals surface area (Å²) in [5.74, 6) is -0.261. The quantitative estimate of drug-likeness (QED) is 0.903. The van der Waals surface area contributed by atoms with Crippen molar-refractivity contribution in [1.29, 1.82) is 0 Å². The summed E-state index contributed by atoms with van der Waals surface area (Å²) in [5, 5.41) is 9.83. The van der Waals surface area contributed by atoms with Gasteiger partial charge in [0.2, 0.25) is 0 Å². The van der Waals surface area contributed by atoms with Crippen molar-refractivity contribution in [2.75, 3.05) is 0 Å². The molecule has 0 spiro atoms. The molecule has 88 valence electrons. The molecule has 1 nitrogen and oxygen atoms in total. The number of aliphatic hydroxyl groups is 1. The number of halogens is 2. The van der Waals surface area contributed by atoms with E-state index >= 15 is 0 Å². The second-order valence-corrected chi connectivity index (χ2v) is 5.02. The molecule has 0 radical (unpaired) electrons. The van der Waals surface area contributed by atoms with Crippen LogP contribution in [0.15, 0.2) is 52.3 Å². The van der Waals surface area contributed by atoms with Gasteiger partial charge in [-0.05, 0) is 42.0 Å². The Morgan fingerprint density at radius 1 is 1.12 bits per heavy atom. The Kier molecular flexibility index (Phi) is 4.05. The van der Waals surface area contributed by atoms with Gasteiger partial charge in [-0.2, -0.15) is 0 Å². The molecule has 2 aromatic rings. The van der Waals surface area contributed by atoms with Crippen LogP contribution in [0.3, 0.4) is 0 Å². The summed E-state index contributed by atoms with van der Waals surface area (Å²) in [7, 11) is 0. The minimum atomic E-state index is -0.261. The predicted molar refractivity (Wildman–Crippen MR) is 67.9 cm³/mol. The van der Waals surface area contributed by atoms with Crippen molar-refractivity contribution in [3.8, 4) is 0 Å². The van der Waals surface area contributed by atoms with Gasteiger partial charge >= 0.3 is 0 Å². The first kappa shape index (κ1) is 12.4. The summed E-state index contributed by atoms with van der Waals surface area (Å²) in [6.45, 7) is -0.0410. The minimum Gasteiger partial charge on any atom is -0.392 e. The molecule has 2 aromatic carbocycles. The maximum atomic E-state index is 12.8. The number of rotatable bonds is 3. The molecule has 0 amide bonds. The molecule has 17 heavy (non-hydrogen) atoms. The van der Waals surface area contributed by atoms with E-state index in [1.165, 1.54) is 23.9 Å². The molecule has 0 saturated heterocycles. The smallest absolute Gasteiger partial charge is 0.123 e. The predicted octanol–water partition coefficient (Wildman–Crippen LogP) is 4.12. The van der Waals surface area contributed by atoms with E-state index in [9.17, 15) is 9.50 Å². The normalized spacial score (nSPS) is 10.5. The van der Waals surface area contributed by atoms with Gasteiger partial charge in [0.05, 0.1) is 6.61 Å². The van der Waals surface area contributed by atoms with Crippen LogP contribution in [-0.2, 0) is 6.61 Å². The van der Waals surface area contributed by atoms with E-state index in [2.05, 4.69) is 0 Å². The third kappa shape index (κ3) is 3.22. The molecule has 1 N–H and O–H groups in total. The number of hydrogen-bond acceptors (Lipinski definition) is 2. The van der Waals surface area contributed by atoms with Gasteiger partial charge in [0, 0.05) is 14.8 Å². The van der Waals surface area contributed by atoms with Gasteiger partial charge in [0.15, 0.2) is 0 Å². The Balaban J connectivity index is 2.28. The first-order chi connectivity index (χ1) is 8.19. The Hall–Kier alpha value is -1.03. The Morgan fingerprint density at radius 2 is 1.82 bits per heavy atom. The molecule has 0 unspecified atom stereocenters. The van der Waals surface area contributed by atoms with Gasteiger partial charge in [-0.25, -0.2) is 4.39 Å². The van der Waals surface area contributed by atoms with Crippen LogP contribution in [0.2, 0.25) is 5.02 Å². The van der Waals surface area contributed by atoms with Gasteiger partial charge in [0.1, 0.15) is 5.82 Å². The van der Waals surface area contributed by atoms with Crippen LogP contribution in [0.5, 0.6) is 0 Å². The minimum absolute atomic E-state index is 0.0410. The van der Waals surface area contributed by atoms with Crippen LogP contribution in [-0.4, -0.2) is 5.11 Å². The second kappa shape index (κ2) is 5.54. The molecule has 0 aromatic heterocycles. The summed E-state index contributed by atoms with van der Waals surface area (Å²) in [6, 6.07) is 11.5. The molecular formula is C13H10ClFOS. The van der Waals surface area contributed by atoms with Crippen molar-refractivity contribution in [3.05, 3.63) is 58.9 Å². The lowest BCUT2D eigenvalue weighted by molar-refractivity contribution is 0.279. The summed E-state index contributed by atoms with van der Waals surface area (Å²) < 4.78 is 12.8. The van der Waals surface area contributed by atoms with Crippen molar-refractivity contribution in [2.45, 2.75) is 16.4 Å². The zero-order valence-electron chi connectivity index (χ0n) is 8.86. The van der Waals surface area contributed by atoms with Gasteiger partial charge in [-0.1, -0.05) is 29.4 Å². The number of benzene rings is 2. The highest BCUT2D eigenvalue weighted by Crippen LogP contribution is 2.32. The molecule has 4 heteroatoms. The monoisotopic (exact) mass is 268 g/mol. The maximum Gasteiger partial charge on any atom is 0.123 e. The maximum absolute atomic E-state index is 12.8. The molecular weight excluding hydrogens is 259 g/mol. The zero-order chi connectivity index (χ0) is 12.3. The van der Waals surface area contributed by atoms with Gasteiger partial charge in [0.25, 0.3) is 0 Å². The van der Waals surface area contributed by atoms with Gasteiger partial charge in [-0.3, -0.25) is 0 Å². The van der Waals surface area contributed by atoms with E-state index in [0.29, 0.717) is 5.02 Å². The lowest BCUT2D eigenvalue weighted by atomic mass is 10.2. The Labute approximate surface area is 108 Å². The van der Waals surface area contributed by atoms with Crippen LogP contribution < -0.4 is 0 Å². The van der Waals surface area contributed by atoms with Crippen LogP contribution >= 0.6 is 23.4 Å². The standard InChI is InChI=1S/C13H10ClFOS/c14-10-2-1-9(8-16)13(7-10)17-12-5-3-11(15)4-6-12/h1-7,16H,8H2. The van der Waals surface area contributed by atoms with Crippen LogP contribution in [0, 0.1) is 5.82 Å². The summed E-state index contributed by atoms with van der Waals surface area (Å²) >= 11 is 7.36. The number of hydrogen-bond donors (Lipinski definition) is 1. The summed E-state index contributed by atoms with van der Waals surface area (Å²) in [5.41, 5.74) is 0.809. The van der Waals surface area contributed by atoms with Gasteiger partial charge in [-0.15, -0.1) is 0 Å². The Morgan fingerprint density at radius 3 is 2.47 bits per heavy atom. The average molecular weight is 269 g/mol. The summed E-state index contributed by atoms with van der Waals surface area (Å²) in [4.78, 5) is 1.79. The highest BCUT2D eigenvalue weighted by Gasteiger charge is 2.05. The molecule has 2 rings (SSSR count). The molecule has 0 heterocycles. The zero-order valence-corrected chi connectivity index (χ0v) is 10.4.